The van der Waals surface area contributed by atoms with Crippen LogP contribution < -0.4 is 10.6 Å². The summed E-state index contributed by atoms with van der Waals surface area (Å²) in [6.07, 6.45) is 3.44. The van der Waals surface area contributed by atoms with Crippen molar-refractivity contribution >= 4 is 22.8 Å². The van der Waals surface area contributed by atoms with E-state index < -0.39 is 0 Å². The van der Waals surface area contributed by atoms with Gasteiger partial charge in [-0.1, -0.05) is 12.1 Å². The molecule has 1 aromatic carbocycles. The molecule has 0 atom stereocenters. The zero-order chi connectivity index (χ0) is 19.6. The minimum atomic E-state index is 0.161. The lowest BCUT2D eigenvalue weighted by Gasteiger charge is -2.18. The number of aryl methyl sites for hydroxylation is 1. The van der Waals surface area contributed by atoms with Crippen molar-refractivity contribution < 1.29 is 4.79 Å². The van der Waals surface area contributed by atoms with Gasteiger partial charge in [0.05, 0.1) is 6.54 Å². The van der Waals surface area contributed by atoms with E-state index in [9.17, 15) is 4.79 Å². The van der Waals surface area contributed by atoms with E-state index in [0.717, 1.165) is 38.6 Å². The van der Waals surface area contributed by atoms with Crippen molar-refractivity contribution in [3.63, 3.8) is 0 Å². The largest absolute Gasteiger partial charge is 0.361 e. The number of aliphatic imine (C=N–C) groups is 1. The van der Waals surface area contributed by atoms with Crippen LogP contribution in [0.5, 0.6) is 0 Å². The van der Waals surface area contributed by atoms with Crippen LogP contribution in [0.3, 0.4) is 0 Å². The first-order chi connectivity index (χ1) is 13.1. The van der Waals surface area contributed by atoms with Crippen LogP contribution in [-0.4, -0.2) is 54.5 Å². The Kier molecular flexibility index (Phi) is 8.17. The molecular formula is C21H33N5O. The van der Waals surface area contributed by atoms with E-state index in [0.29, 0.717) is 13.0 Å². The summed E-state index contributed by atoms with van der Waals surface area (Å²) in [5.74, 6) is 0.926. The Morgan fingerprint density at radius 3 is 2.67 bits per heavy atom. The molecule has 0 unspecified atom stereocenters. The van der Waals surface area contributed by atoms with Gasteiger partial charge in [-0.15, -0.1) is 0 Å². The number of fused-ring (bicyclic) bond motifs is 1. The molecule has 0 radical (unpaired) electrons. The molecule has 1 heterocycles. The summed E-state index contributed by atoms with van der Waals surface area (Å²) in [4.78, 5) is 21.8. The van der Waals surface area contributed by atoms with E-state index in [1.165, 1.54) is 22.0 Å². The summed E-state index contributed by atoms with van der Waals surface area (Å²) in [6, 6.07) is 6.33. The minimum absolute atomic E-state index is 0.161. The van der Waals surface area contributed by atoms with Crippen LogP contribution in [0.1, 0.15) is 38.3 Å². The molecule has 2 aromatic rings. The van der Waals surface area contributed by atoms with Crippen molar-refractivity contribution in [2.45, 2.75) is 40.5 Å². The monoisotopic (exact) mass is 371 g/mol. The molecule has 0 aliphatic rings. The molecule has 2 rings (SSSR count). The Hall–Kier alpha value is -2.50. The molecule has 0 spiro atoms. The maximum absolute atomic E-state index is 12.1. The van der Waals surface area contributed by atoms with Gasteiger partial charge < -0.3 is 20.5 Å². The molecule has 27 heavy (non-hydrogen) atoms. The van der Waals surface area contributed by atoms with Crippen LogP contribution in [0.25, 0.3) is 10.9 Å². The summed E-state index contributed by atoms with van der Waals surface area (Å²) in [7, 11) is 0. The predicted molar refractivity (Wildman–Crippen MR) is 113 cm³/mol. The first kappa shape index (κ1) is 20.8. The SMILES string of the molecule is CCNC(=NCCC(=O)N(CC)CC)NCCc1c[nH]c2cccc(C)c12. The van der Waals surface area contributed by atoms with Gasteiger partial charge >= 0.3 is 0 Å². The number of guanidine groups is 1. The van der Waals surface area contributed by atoms with Gasteiger partial charge in [-0.2, -0.15) is 0 Å². The number of H-pyrrole nitrogens is 1. The Morgan fingerprint density at radius 2 is 1.96 bits per heavy atom. The van der Waals surface area contributed by atoms with Gasteiger partial charge in [0.2, 0.25) is 5.91 Å². The Labute approximate surface area is 162 Å². The fourth-order valence-electron chi connectivity index (χ4n) is 3.30. The highest BCUT2D eigenvalue weighted by molar-refractivity contribution is 5.86. The smallest absolute Gasteiger partial charge is 0.224 e. The molecule has 0 saturated carbocycles. The number of amides is 1. The van der Waals surface area contributed by atoms with Gasteiger partial charge in [0, 0.05) is 49.7 Å². The average Bonchev–Trinajstić information content (AvgIpc) is 3.07. The first-order valence-corrected chi connectivity index (χ1v) is 9.96. The number of hydrogen-bond donors (Lipinski definition) is 3. The summed E-state index contributed by atoms with van der Waals surface area (Å²) >= 11 is 0. The topological polar surface area (TPSA) is 72.5 Å². The number of benzene rings is 1. The molecule has 3 N–H and O–H groups in total. The quantitative estimate of drug-likeness (QED) is 0.469. The maximum atomic E-state index is 12.1. The van der Waals surface area contributed by atoms with Crippen molar-refractivity contribution in [3.05, 3.63) is 35.5 Å². The number of rotatable bonds is 9. The fourth-order valence-corrected chi connectivity index (χ4v) is 3.30. The van der Waals surface area contributed by atoms with Gasteiger partial charge in [0.1, 0.15) is 0 Å². The molecule has 148 valence electrons. The highest BCUT2D eigenvalue weighted by Gasteiger charge is 2.09. The lowest BCUT2D eigenvalue weighted by Crippen LogP contribution is -2.38. The van der Waals surface area contributed by atoms with Crippen LogP contribution in [0.2, 0.25) is 0 Å². The van der Waals surface area contributed by atoms with Crippen molar-refractivity contribution in [1.29, 1.82) is 0 Å². The highest BCUT2D eigenvalue weighted by atomic mass is 16.2. The van der Waals surface area contributed by atoms with E-state index in [-0.39, 0.29) is 5.91 Å². The summed E-state index contributed by atoms with van der Waals surface area (Å²) in [5.41, 5.74) is 3.78. The number of aromatic nitrogens is 1. The van der Waals surface area contributed by atoms with Crippen LogP contribution in [0.4, 0.5) is 0 Å². The standard InChI is InChI=1S/C21H33N5O/c1-5-22-21(24-14-12-19(27)26(6-2)7-3)23-13-11-17-15-25-18-10-8-9-16(4)20(17)18/h8-10,15,25H,5-7,11-14H2,1-4H3,(H2,22,23,24). The second-order valence-corrected chi connectivity index (χ2v) is 6.56. The summed E-state index contributed by atoms with van der Waals surface area (Å²) in [6.45, 7) is 11.8. The molecule has 0 aliphatic heterocycles. The van der Waals surface area contributed by atoms with Crippen molar-refractivity contribution in [2.75, 3.05) is 32.7 Å². The van der Waals surface area contributed by atoms with Gasteiger partial charge in [0.15, 0.2) is 5.96 Å². The van der Waals surface area contributed by atoms with E-state index in [4.69, 9.17) is 0 Å². The van der Waals surface area contributed by atoms with Gasteiger partial charge in [-0.3, -0.25) is 9.79 Å². The Bertz CT molecular complexity index is 761. The predicted octanol–water partition coefficient (Wildman–Crippen LogP) is 2.83. The van der Waals surface area contributed by atoms with Crippen LogP contribution in [0.15, 0.2) is 29.4 Å². The van der Waals surface area contributed by atoms with Gasteiger partial charge in [0.25, 0.3) is 0 Å². The number of carbonyl (C=O) groups excluding carboxylic acids is 1. The molecule has 1 amide bonds. The van der Waals surface area contributed by atoms with Gasteiger partial charge in [-0.05, 0) is 51.3 Å². The number of aromatic amines is 1. The third-order valence-corrected chi connectivity index (χ3v) is 4.74. The number of carbonyl (C=O) groups is 1. The molecule has 6 heteroatoms. The Morgan fingerprint density at radius 1 is 1.19 bits per heavy atom. The molecule has 0 aliphatic carbocycles. The average molecular weight is 372 g/mol. The number of hydrogen-bond acceptors (Lipinski definition) is 2. The summed E-state index contributed by atoms with van der Waals surface area (Å²) < 4.78 is 0. The van der Waals surface area contributed by atoms with Crippen molar-refractivity contribution in [3.8, 4) is 0 Å². The van der Waals surface area contributed by atoms with E-state index >= 15 is 0 Å². The molecular weight excluding hydrogens is 338 g/mol. The molecule has 0 bridgehead atoms. The molecule has 1 aromatic heterocycles. The highest BCUT2D eigenvalue weighted by Crippen LogP contribution is 2.22. The summed E-state index contributed by atoms with van der Waals surface area (Å²) in [5, 5.41) is 7.93. The lowest BCUT2D eigenvalue weighted by molar-refractivity contribution is -0.130. The second-order valence-electron chi connectivity index (χ2n) is 6.56. The lowest BCUT2D eigenvalue weighted by atomic mass is 10.1. The third-order valence-electron chi connectivity index (χ3n) is 4.74. The van der Waals surface area contributed by atoms with Crippen LogP contribution >= 0.6 is 0 Å². The van der Waals surface area contributed by atoms with Crippen molar-refractivity contribution in [2.24, 2.45) is 4.99 Å². The fraction of sp³-hybridized carbons (Fsp3) is 0.524. The zero-order valence-corrected chi connectivity index (χ0v) is 17.1. The van der Waals surface area contributed by atoms with E-state index in [2.05, 4.69) is 51.9 Å². The zero-order valence-electron chi connectivity index (χ0n) is 17.1. The maximum Gasteiger partial charge on any atom is 0.224 e. The molecule has 0 saturated heterocycles. The normalized spacial score (nSPS) is 11.6. The molecule has 0 fully saturated rings. The van der Waals surface area contributed by atoms with Gasteiger partial charge in [-0.25, -0.2) is 0 Å². The second kappa shape index (κ2) is 10.6. The number of nitrogens with one attached hydrogen (secondary N) is 3. The van der Waals surface area contributed by atoms with Crippen LogP contribution in [0, 0.1) is 6.92 Å². The van der Waals surface area contributed by atoms with E-state index in [1.807, 2.05) is 25.7 Å². The number of nitrogens with zero attached hydrogens (tertiary/aromatic N) is 2. The van der Waals surface area contributed by atoms with E-state index in [1.54, 1.807) is 0 Å². The Balaban J connectivity index is 1.89. The first-order valence-electron chi connectivity index (χ1n) is 9.96. The van der Waals surface area contributed by atoms with Crippen LogP contribution in [-0.2, 0) is 11.2 Å². The molecule has 6 nitrogen and oxygen atoms in total. The third kappa shape index (κ3) is 5.74. The minimum Gasteiger partial charge on any atom is -0.361 e. The van der Waals surface area contributed by atoms with Crippen molar-refractivity contribution in [1.82, 2.24) is 20.5 Å².